The van der Waals surface area contributed by atoms with Crippen LogP contribution in [-0.4, -0.2) is 43.2 Å². The third kappa shape index (κ3) is 3.64. The number of anilines is 2. The number of halogens is 1. The maximum Gasteiger partial charge on any atom is 0.339 e. The van der Waals surface area contributed by atoms with Gasteiger partial charge in [-0.1, -0.05) is 35.9 Å². The third-order valence-corrected chi connectivity index (χ3v) is 6.57. The van der Waals surface area contributed by atoms with Crippen LogP contribution in [0.15, 0.2) is 66.7 Å². The monoisotopic (exact) mass is 508 g/mol. The van der Waals surface area contributed by atoms with Crippen molar-refractivity contribution < 1.29 is 33.8 Å². The normalized spacial score (nSPS) is 21.0. The highest BCUT2D eigenvalue weighted by Crippen LogP contribution is 2.50. The van der Waals surface area contributed by atoms with Gasteiger partial charge in [-0.3, -0.25) is 14.4 Å². The number of carboxylic acids is 1. The highest BCUT2D eigenvalue weighted by Gasteiger charge is 2.61. The molecule has 3 aromatic carbocycles. The maximum absolute atomic E-state index is 13.8. The van der Waals surface area contributed by atoms with Gasteiger partial charge in [-0.05, 0) is 48.0 Å². The Balaban J connectivity index is 1.68. The van der Waals surface area contributed by atoms with E-state index in [0.717, 1.165) is 4.90 Å². The largest absolute Gasteiger partial charge is 0.493 e. The van der Waals surface area contributed by atoms with Gasteiger partial charge in [0, 0.05) is 5.02 Å². The smallest absolute Gasteiger partial charge is 0.339 e. The molecular weight excluding hydrogens is 488 g/mol. The van der Waals surface area contributed by atoms with Crippen molar-refractivity contribution in [2.45, 2.75) is 12.1 Å². The Morgan fingerprint density at radius 3 is 2.22 bits per heavy atom. The molecule has 0 aliphatic carbocycles. The summed E-state index contributed by atoms with van der Waals surface area (Å²) in [5.41, 5.74) is 0.970. The van der Waals surface area contributed by atoms with Crippen molar-refractivity contribution in [1.29, 1.82) is 0 Å². The van der Waals surface area contributed by atoms with Crippen LogP contribution in [0.25, 0.3) is 0 Å². The number of hydrogen-bond donors (Lipinski definition) is 1. The molecule has 2 heterocycles. The highest BCUT2D eigenvalue weighted by molar-refractivity contribution is 6.31. The molecule has 10 heteroatoms. The Morgan fingerprint density at radius 2 is 1.61 bits per heavy atom. The Bertz CT molecular complexity index is 1350. The van der Waals surface area contributed by atoms with Gasteiger partial charge >= 0.3 is 5.97 Å². The van der Waals surface area contributed by atoms with Crippen LogP contribution in [-0.2, 0) is 14.4 Å². The second-order valence-electron chi connectivity index (χ2n) is 8.22. The Hall–Kier alpha value is -4.08. The second kappa shape index (κ2) is 9.18. The van der Waals surface area contributed by atoms with Crippen molar-refractivity contribution in [2.75, 3.05) is 24.2 Å². The zero-order valence-corrected chi connectivity index (χ0v) is 20.0. The summed E-state index contributed by atoms with van der Waals surface area (Å²) in [4.78, 5) is 46.8. The number of imide groups is 1. The van der Waals surface area contributed by atoms with Crippen molar-refractivity contribution >= 4 is 40.8 Å². The van der Waals surface area contributed by atoms with Crippen LogP contribution in [0, 0.1) is 5.92 Å². The van der Waals surface area contributed by atoms with Gasteiger partial charge in [0.2, 0.25) is 5.91 Å². The molecule has 0 bridgehead atoms. The first-order valence-corrected chi connectivity index (χ1v) is 11.4. The Labute approximate surface area is 211 Å². The lowest BCUT2D eigenvalue weighted by Gasteiger charge is -2.30. The number of ether oxygens (including phenoxy) is 2. The summed E-state index contributed by atoms with van der Waals surface area (Å²) < 4.78 is 10.7. The van der Waals surface area contributed by atoms with E-state index in [1.165, 1.54) is 19.3 Å². The van der Waals surface area contributed by atoms with Gasteiger partial charge in [-0.2, -0.15) is 0 Å². The van der Waals surface area contributed by atoms with Crippen LogP contribution < -0.4 is 19.4 Å². The number of hydroxylamine groups is 1. The predicted octanol–water partition coefficient (Wildman–Crippen LogP) is 4.11. The molecule has 36 heavy (non-hydrogen) atoms. The summed E-state index contributed by atoms with van der Waals surface area (Å²) in [7, 11) is 2.74. The summed E-state index contributed by atoms with van der Waals surface area (Å²) in [5.74, 6) is -3.13. The molecule has 2 aliphatic heterocycles. The van der Waals surface area contributed by atoms with E-state index in [-0.39, 0.29) is 22.6 Å². The SMILES string of the molecule is COc1ccc([C@H]2[C@H]3C(=O)N(c4ccc(Cl)cc4)C(=O)[C@H]3ON2c2ccccc2)c(C(=O)O)c1OC. The number of carbonyl (C=O) groups excluding carboxylic acids is 2. The molecule has 2 amide bonds. The van der Waals surface area contributed by atoms with E-state index in [1.807, 2.05) is 6.07 Å². The van der Waals surface area contributed by atoms with Gasteiger partial charge in [0.1, 0.15) is 11.5 Å². The number of methoxy groups -OCH3 is 2. The molecule has 0 spiro atoms. The van der Waals surface area contributed by atoms with Crippen LogP contribution in [0.1, 0.15) is 22.0 Å². The second-order valence-corrected chi connectivity index (χ2v) is 8.65. The number of carbonyl (C=O) groups is 3. The van der Waals surface area contributed by atoms with Gasteiger partial charge in [0.15, 0.2) is 17.6 Å². The molecule has 0 saturated carbocycles. The van der Waals surface area contributed by atoms with Gasteiger partial charge in [-0.15, -0.1) is 0 Å². The standard InChI is InChI=1S/C26H21ClN2O7/c1-34-18-13-12-17(19(26(32)33)22(18)35-2)21-20-23(36-29(21)16-6-4-3-5-7-16)25(31)28(24(20)30)15-10-8-14(27)9-11-15/h3-13,20-21,23H,1-2H3,(H,32,33)/t20-,21+,23+/m1/s1. The summed E-state index contributed by atoms with van der Waals surface area (Å²) in [5, 5.41) is 12.0. The van der Waals surface area contributed by atoms with Gasteiger partial charge in [0.25, 0.3) is 5.91 Å². The van der Waals surface area contributed by atoms with Crippen molar-refractivity contribution in [2.24, 2.45) is 5.92 Å². The number of nitrogens with zero attached hydrogens (tertiary/aromatic N) is 2. The fourth-order valence-corrected chi connectivity index (χ4v) is 4.91. The van der Waals surface area contributed by atoms with E-state index < -0.39 is 35.8 Å². The van der Waals surface area contributed by atoms with Crippen molar-refractivity contribution in [3.8, 4) is 11.5 Å². The molecule has 0 radical (unpaired) electrons. The molecule has 9 nitrogen and oxygen atoms in total. The average molecular weight is 509 g/mol. The third-order valence-electron chi connectivity index (χ3n) is 6.32. The maximum atomic E-state index is 13.8. The molecule has 0 aromatic heterocycles. The first-order chi connectivity index (χ1) is 17.4. The average Bonchev–Trinajstić information content (AvgIpc) is 3.39. The van der Waals surface area contributed by atoms with Crippen molar-refractivity contribution in [1.82, 2.24) is 0 Å². The minimum Gasteiger partial charge on any atom is -0.493 e. The number of fused-ring (bicyclic) bond motifs is 1. The Morgan fingerprint density at radius 1 is 0.917 bits per heavy atom. The molecular formula is C26H21ClN2O7. The Kier molecular flexibility index (Phi) is 6.03. The lowest BCUT2D eigenvalue weighted by molar-refractivity contribution is -0.126. The number of para-hydroxylation sites is 1. The highest BCUT2D eigenvalue weighted by atomic mass is 35.5. The van der Waals surface area contributed by atoms with Crippen LogP contribution in [0.3, 0.4) is 0 Å². The number of rotatable bonds is 6. The quantitative estimate of drug-likeness (QED) is 0.496. The molecule has 2 saturated heterocycles. The van der Waals surface area contributed by atoms with E-state index in [4.69, 9.17) is 25.9 Å². The lowest BCUT2D eigenvalue weighted by atomic mass is 9.87. The number of aromatic carboxylic acids is 1. The minimum atomic E-state index is -1.27. The van der Waals surface area contributed by atoms with Gasteiger partial charge < -0.3 is 14.6 Å². The fraction of sp³-hybridized carbons (Fsp3) is 0.192. The topological polar surface area (TPSA) is 106 Å². The van der Waals surface area contributed by atoms with E-state index in [9.17, 15) is 19.5 Å². The van der Waals surface area contributed by atoms with Crippen LogP contribution in [0.4, 0.5) is 11.4 Å². The molecule has 3 atom stereocenters. The summed E-state index contributed by atoms with van der Waals surface area (Å²) >= 11 is 5.98. The van der Waals surface area contributed by atoms with E-state index in [1.54, 1.807) is 60.7 Å². The number of hydrogen-bond acceptors (Lipinski definition) is 7. The van der Waals surface area contributed by atoms with Crippen LogP contribution >= 0.6 is 11.6 Å². The van der Waals surface area contributed by atoms with E-state index in [0.29, 0.717) is 16.4 Å². The zero-order chi connectivity index (χ0) is 25.6. The van der Waals surface area contributed by atoms with Crippen LogP contribution in [0.2, 0.25) is 5.02 Å². The first kappa shape index (κ1) is 23.7. The van der Waals surface area contributed by atoms with Gasteiger partial charge in [0.05, 0.1) is 31.6 Å². The fourth-order valence-electron chi connectivity index (χ4n) is 4.78. The zero-order valence-electron chi connectivity index (χ0n) is 19.3. The molecule has 1 N–H and O–H groups in total. The van der Waals surface area contributed by atoms with Crippen LogP contribution in [0.5, 0.6) is 11.5 Å². The van der Waals surface area contributed by atoms with Crippen molar-refractivity contribution in [3.05, 3.63) is 82.9 Å². The minimum absolute atomic E-state index is 0.00490. The number of carboxylic acid groups (broad SMARTS) is 1. The molecule has 2 fully saturated rings. The summed E-state index contributed by atoms with van der Waals surface area (Å²) in [6.07, 6.45) is -1.16. The summed E-state index contributed by atoms with van der Waals surface area (Å²) in [6.45, 7) is 0. The molecule has 184 valence electrons. The number of amides is 2. The van der Waals surface area contributed by atoms with E-state index in [2.05, 4.69) is 0 Å². The number of benzene rings is 3. The molecule has 3 aromatic rings. The van der Waals surface area contributed by atoms with E-state index >= 15 is 0 Å². The predicted molar refractivity (Wildman–Crippen MR) is 130 cm³/mol. The van der Waals surface area contributed by atoms with Crippen molar-refractivity contribution in [3.63, 3.8) is 0 Å². The van der Waals surface area contributed by atoms with Gasteiger partial charge in [-0.25, -0.2) is 14.8 Å². The first-order valence-electron chi connectivity index (χ1n) is 11.0. The lowest BCUT2D eigenvalue weighted by Crippen LogP contribution is -2.37. The molecule has 2 aliphatic rings. The molecule has 0 unspecified atom stereocenters. The molecule has 5 rings (SSSR count). The summed E-state index contributed by atoms with van der Waals surface area (Å²) in [6, 6.07) is 17.3.